The monoisotopic (exact) mass is 397 g/mol. The third-order valence-corrected chi connectivity index (χ3v) is 4.78. The van der Waals surface area contributed by atoms with Gasteiger partial charge < -0.3 is 10.6 Å². The van der Waals surface area contributed by atoms with Crippen molar-refractivity contribution in [1.29, 1.82) is 0 Å². The van der Waals surface area contributed by atoms with Crippen LogP contribution < -0.4 is 10.6 Å². The molecule has 2 N–H and O–H groups in total. The summed E-state index contributed by atoms with van der Waals surface area (Å²) < 4.78 is 1.91. The molecule has 150 valence electrons. The summed E-state index contributed by atoms with van der Waals surface area (Å²) in [5.74, 6) is 0. The van der Waals surface area contributed by atoms with E-state index in [-0.39, 0.29) is 6.03 Å². The normalized spacial score (nSPS) is 10.6. The highest BCUT2D eigenvalue weighted by atomic mass is 16.2. The number of aryl methyl sites for hydroxylation is 2. The van der Waals surface area contributed by atoms with Crippen LogP contribution in [0.1, 0.15) is 12.5 Å². The van der Waals surface area contributed by atoms with Crippen molar-refractivity contribution in [2.24, 2.45) is 0 Å². The number of rotatable bonds is 5. The van der Waals surface area contributed by atoms with Crippen LogP contribution in [0.2, 0.25) is 0 Å². The highest BCUT2D eigenvalue weighted by molar-refractivity contribution is 6.00. The number of hydrogen-bond donors (Lipinski definition) is 2. The van der Waals surface area contributed by atoms with Crippen LogP contribution in [0, 0.1) is 6.92 Å². The third kappa shape index (κ3) is 4.38. The minimum absolute atomic E-state index is 0.283. The predicted molar refractivity (Wildman–Crippen MR) is 120 cm³/mol. The fourth-order valence-corrected chi connectivity index (χ4v) is 3.21. The number of hydrogen-bond acceptors (Lipinski definition) is 3. The number of benzene rings is 2. The van der Waals surface area contributed by atoms with Gasteiger partial charge in [-0.05, 0) is 55.8 Å². The predicted octanol–water partition coefficient (Wildman–Crippen LogP) is 5.58. The lowest BCUT2D eigenvalue weighted by atomic mass is 10.0. The van der Waals surface area contributed by atoms with E-state index in [4.69, 9.17) is 5.10 Å². The minimum atomic E-state index is -0.283. The van der Waals surface area contributed by atoms with E-state index in [0.29, 0.717) is 5.69 Å². The van der Waals surface area contributed by atoms with E-state index in [1.807, 2.05) is 78.5 Å². The molecule has 0 saturated carbocycles. The van der Waals surface area contributed by atoms with E-state index >= 15 is 0 Å². The molecule has 0 fully saturated rings. The fourth-order valence-electron chi connectivity index (χ4n) is 3.21. The van der Waals surface area contributed by atoms with E-state index in [1.54, 1.807) is 12.4 Å². The summed E-state index contributed by atoms with van der Waals surface area (Å²) in [4.78, 5) is 16.5. The molecular weight excluding hydrogens is 374 g/mol. The molecule has 2 heterocycles. The van der Waals surface area contributed by atoms with Gasteiger partial charge in [0.15, 0.2) is 0 Å². The van der Waals surface area contributed by atoms with E-state index in [0.717, 1.165) is 40.2 Å². The van der Waals surface area contributed by atoms with Gasteiger partial charge in [-0.1, -0.05) is 29.8 Å². The fraction of sp³-hybridized carbons (Fsp3) is 0.125. The van der Waals surface area contributed by atoms with Gasteiger partial charge >= 0.3 is 6.03 Å². The Balaban J connectivity index is 1.58. The highest BCUT2D eigenvalue weighted by Crippen LogP contribution is 2.32. The molecule has 0 radical (unpaired) electrons. The van der Waals surface area contributed by atoms with Crippen molar-refractivity contribution >= 4 is 17.4 Å². The lowest BCUT2D eigenvalue weighted by molar-refractivity contribution is 0.262. The van der Waals surface area contributed by atoms with Crippen molar-refractivity contribution in [1.82, 2.24) is 14.8 Å². The SMILES string of the molecule is CCn1cc(-c2cccc(NC(=O)Nc3ccc(C)cc3)c2)c(-c2ccncc2)n1. The second-order valence-corrected chi connectivity index (χ2v) is 7.01. The number of carbonyl (C=O) groups excluding carboxylic acids is 1. The van der Waals surface area contributed by atoms with Gasteiger partial charge in [0.1, 0.15) is 5.69 Å². The lowest BCUT2D eigenvalue weighted by Gasteiger charge is -2.09. The summed E-state index contributed by atoms with van der Waals surface area (Å²) in [6.45, 7) is 4.84. The molecule has 0 spiro atoms. The Morgan fingerprint density at radius 1 is 0.933 bits per heavy atom. The Hall–Kier alpha value is -3.93. The molecule has 0 unspecified atom stereocenters. The van der Waals surface area contributed by atoms with Gasteiger partial charge in [0.05, 0.1) is 0 Å². The second-order valence-electron chi connectivity index (χ2n) is 7.01. The van der Waals surface area contributed by atoms with Crippen molar-refractivity contribution in [3.63, 3.8) is 0 Å². The second kappa shape index (κ2) is 8.61. The Morgan fingerprint density at radius 2 is 1.67 bits per heavy atom. The van der Waals surface area contributed by atoms with Crippen LogP contribution in [0.25, 0.3) is 22.4 Å². The summed E-state index contributed by atoms with van der Waals surface area (Å²) in [7, 11) is 0. The number of anilines is 2. The zero-order valence-electron chi connectivity index (χ0n) is 17.0. The van der Waals surface area contributed by atoms with Crippen LogP contribution in [-0.2, 0) is 6.54 Å². The van der Waals surface area contributed by atoms with Crippen molar-refractivity contribution in [2.45, 2.75) is 20.4 Å². The smallest absolute Gasteiger partial charge is 0.308 e. The first-order chi connectivity index (χ1) is 14.6. The van der Waals surface area contributed by atoms with E-state index < -0.39 is 0 Å². The number of nitrogens with one attached hydrogen (secondary N) is 2. The lowest BCUT2D eigenvalue weighted by Crippen LogP contribution is -2.19. The molecule has 6 nitrogen and oxygen atoms in total. The number of urea groups is 1. The largest absolute Gasteiger partial charge is 0.323 e. The summed E-state index contributed by atoms with van der Waals surface area (Å²) in [6.07, 6.45) is 5.55. The first-order valence-electron chi connectivity index (χ1n) is 9.85. The molecule has 2 aromatic heterocycles. The summed E-state index contributed by atoms with van der Waals surface area (Å²) in [6, 6.07) is 19.1. The number of pyridine rings is 1. The van der Waals surface area contributed by atoms with Gasteiger partial charge in [0.25, 0.3) is 0 Å². The van der Waals surface area contributed by atoms with Crippen LogP contribution in [-0.4, -0.2) is 20.8 Å². The zero-order valence-corrected chi connectivity index (χ0v) is 17.0. The average Bonchev–Trinajstić information content (AvgIpc) is 3.21. The van der Waals surface area contributed by atoms with Gasteiger partial charge in [-0.15, -0.1) is 0 Å². The van der Waals surface area contributed by atoms with E-state index in [1.165, 1.54) is 0 Å². The highest BCUT2D eigenvalue weighted by Gasteiger charge is 2.13. The standard InChI is InChI=1S/C24H23N5O/c1-3-29-16-22(23(28-29)18-11-13-25-14-12-18)19-5-4-6-21(15-19)27-24(30)26-20-9-7-17(2)8-10-20/h4-16H,3H2,1-2H3,(H2,26,27,30). The maximum Gasteiger partial charge on any atom is 0.323 e. The minimum Gasteiger partial charge on any atom is -0.308 e. The molecule has 2 aromatic carbocycles. The van der Waals surface area contributed by atoms with Crippen molar-refractivity contribution in [3.8, 4) is 22.4 Å². The Kier molecular flexibility index (Phi) is 5.57. The number of aromatic nitrogens is 3. The molecule has 4 aromatic rings. The van der Waals surface area contributed by atoms with Gasteiger partial charge in [-0.25, -0.2) is 4.79 Å². The maximum absolute atomic E-state index is 12.4. The maximum atomic E-state index is 12.4. The molecular formula is C24H23N5O. The van der Waals surface area contributed by atoms with Gasteiger partial charge in [-0.3, -0.25) is 9.67 Å². The average molecular weight is 397 g/mol. The van der Waals surface area contributed by atoms with Gasteiger partial charge in [-0.2, -0.15) is 5.10 Å². The molecule has 0 bridgehead atoms. The topological polar surface area (TPSA) is 71.8 Å². The summed E-state index contributed by atoms with van der Waals surface area (Å²) in [5.41, 5.74) is 6.48. The molecule has 0 atom stereocenters. The van der Waals surface area contributed by atoms with Crippen LogP contribution in [0.3, 0.4) is 0 Å². The third-order valence-electron chi connectivity index (χ3n) is 4.78. The van der Waals surface area contributed by atoms with Crippen LogP contribution in [0.15, 0.2) is 79.3 Å². The number of carbonyl (C=O) groups is 1. The summed E-state index contributed by atoms with van der Waals surface area (Å²) in [5, 5.41) is 10.5. The first kappa shape index (κ1) is 19.4. The van der Waals surface area contributed by atoms with Crippen LogP contribution >= 0.6 is 0 Å². The Bertz CT molecular complexity index is 1150. The van der Waals surface area contributed by atoms with Crippen molar-refractivity contribution < 1.29 is 4.79 Å². The van der Waals surface area contributed by atoms with E-state index in [9.17, 15) is 4.79 Å². The molecule has 0 aliphatic rings. The Morgan fingerprint density at radius 3 is 2.40 bits per heavy atom. The Labute approximate surface area is 175 Å². The van der Waals surface area contributed by atoms with Gasteiger partial charge in [0.2, 0.25) is 0 Å². The molecule has 6 heteroatoms. The van der Waals surface area contributed by atoms with Gasteiger partial charge in [0, 0.05) is 47.6 Å². The number of amides is 2. The van der Waals surface area contributed by atoms with E-state index in [2.05, 4.69) is 22.5 Å². The molecule has 2 amide bonds. The quantitative estimate of drug-likeness (QED) is 0.461. The van der Waals surface area contributed by atoms with Crippen LogP contribution in [0.5, 0.6) is 0 Å². The molecule has 30 heavy (non-hydrogen) atoms. The molecule has 0 saturated heterocycles. The zero-order chi connectivity index (χ0) is 20.9. The van der Waals surface area contributed by atoms with Crippen molar-refractivity contribution in [3.05, 3.63) is 84.8 Å². The number of nitrogens with zero attached hydrogens (tertiary/aromatic N) is 3. The van der Waals surface area contributed by atoms with Crippen LogP contribution in [0.4, 0.5) is 16.2 Å². The first-order valence-corrected chi connectivity index (χ1v) is 9.85. The van der Waals surface area contributed by atoms with Crippen molar-refractivity contribution in [2.75, 3.05) is 10.6 Å². The molecule has 0 aliphatic heterocycles. The molecule has 0 aliphatic carbocycles. The molecule has 4 rings (SSSR count). The summed E-state index contributed by atoms with van der Waals surface area (Å²) >= 11 is 0.